The molecule has 0 spiro atoms. The molecule has 1 amide bonds. The lowest BCUT2D eigenvalue weighted by Gasteiger charge is -2.03. The minimum absolute atomic E-state index is 0.0424. The van der Waals surface area contributed by atoms with Crippen LogP contribution < -0.4 is 5.32 Å². The third kappa shape index (κ3) is 1.58. The zero-order valence-corrected chi connectivity index (χ0v) is 6.11. The van der Waals surface area contributed by atoms with Gasteiger partial charge in [0.25, 0.3) is 0 Å². The lowest BCUT2D eigenvalue weighted by atomic mass is 10.3. The quantitative estimate of drug-likeness (QED) is 0.574. The van der Waals surface area contributed by atoms with Gasteiger partial charge in [0.05, 0.1) is 0 Å². The Kier molecular flexibility index (Phi) is 1.96. The Labute approximate surface area is 59.6 Å². The number of hydrogen-bond donors (Lipinski definition) is 1. The number of halogens is 1. The Bertz CT molecular complexity index is 122. The minimum Gasteiger partial charge on any atom is -0.358 e. The molecule has 1 unspecified atom stereocenters. The van der Waals surface area contributed by atoms with E-state index in [-0.39, 0.29) is 11.3 Å². The highest BCUT2D eigenvalue weighted by molar-refractivity contribution is 6.31. The molecule has 0 bridgehead atoms. The van der Waals surface area contributed by atoms with Gasteiger partial charge < -0.3 is 5.32 Å². The predicted octanol–water partition coefficient (Wildman–Crippen LogP) is 0.750. The average molecular weight is 148 g/mol. The van der Waals surface area contributed by atoms with Crippen LogP contribution in [0.25, 0.3) is 0 Å². The Balaban J connectivity index is 2.30. The van der Waals surface area contributed by atoms with Crippen molar-refractivity contribution in [2.75, 3.05) is 7.05 Å². The zero-order chi connectivity index (χ0) is 6.85. The number of carbonyl (C=O) groups is 1. The summed E-state index contributed by atoms with van der Waals surface area (Å²) in [6, 6.07) is 0. The van der Waals surface area contributed by atoms with Gasteiger partial charge in [-0.25, -0.2) is 0 Å². The standard InChI is InChI=1S/C6H10ClNO/c1-8-6(9)5(7)4-2-3-4/h4-5H,2-3H2,1H3,(H,8,9). The van der Waals surface area contributed by atoms with E-state index in [1.807, 2.05) is 0 Å². The highest BCUT2D eigenvalue weighted by atomic mass is 35.5. The van der Waals surface area contributed by atoms with Crippen LogP contribution in [0.15, 0.2) is 0 Å². The number of rotatable bonds is 2. The maximum Gasteiger partial charge on any atom is 0.238 e. The van der Waals surface area contributed by atoms with Gasteiger partial charge in [0.2, 0.25) is 5.91 Å². The molecule has 0 aliphatic heterocycles. The molecule has 0 heterocycles. The topological polar surface area (TPSA) is 29.1 Å². The fraction of sp³-hybridized carbons (Fsp3) is 0.833. The number of nitrogens with one attached hydrogen (secondary N) is 1. The van der Waals surface area contributed by atoms with E-state index in [0.717, 1.165) is 12.8 Å². The van der Waals surface area contributed by atoms with Crippen LogP contribution in [0.1, 0.15) is 12.8 Å². The summed E-state index contributed by atoms with van der Waals surface area (Å²) >= 11 is 5.72. The largest absolute Gasteiger partial charge is 0.358 e. The Morgan fingerprint density at radius 2 is 2.33 bits per heavy atom. The summed E-state index contributed by atoms with van der Waals surface area (Å²) in [5.41, 5.74) is 0. The number of amides is 1. The molecule has 52 valence electrons. The molecule has 1 saturated carbocycles. The summed E-state index contributed by atoms with van der Waals surface area (Å²) in [7, 11) is 1.61. The molecule has 1 rings (SSSR count). The van der Waals surface area contributed by atoms with E-state index in [0.29, 0.717) is 5.92 Å². The fourth-order valence-electron chi connectivity index (χ4n) is 0.741. The van der Waals surface area contributed by atoms with Gasteiger partial charge in [-0.05, 0) is 18.8 Å². The summed E-state index contributed by atoms with van der Waals surface area (Å²) < 4.78 is 0. The van der Waals surface area contributed by atoms with E-state index in [1.165, 1.54) is 0 Å². The first kappa shape index (κ1) is 6.87. The van der Waals surface area contributed by atoms with Crippen molar-refractivity contribution in [3.63, 3.8) is 0 Å². The van der Waals surface area contributed by atoms with Gasteiger partial charge in [-0.15, -0.1) is 11.6 Å². The molecule has 1 N–H and O–H groups in total. The molecule has 2 nitrogen and oxygen atoms in total. The fourth-order valence-corrected chi connectivity index (χ4v) is 1.10. The Morgan fingerprint density at radius 1 is 1.78 bits per heavy atom. The summed E-state index contributed by atoms with van der Waals surface area (Å²) in [5.74, 6) is 0.408. The summed E-state index contributed by atoms with van der Waals surface area (Å²) in [4.78, 5) is 10.8. The van der Waals surface area contributed by atoms with Crippen LogP contribution in [0.5, 0.6) is 0 Å². The molecule has 1 aliphatic rings. The van der Waals surface area contributed by atoms with Crippen molar-refractivity contribution in [2.24, 2.45) is 5.92 Å². The van der Waals surface area contributed by atoms with Crippen molar-refractivity contribution in [1.82, 2.24) is 5.32 Å². The third-order valence-corrected chi connectivity index (χ3v) is 2.09. The van der Waals surface area contributed by atoms with Gasteiger partial charge in [0.1, 0.15) is 5.38 Å². The molecule has 0 radical (unpaired) electrons. The summed E-state index contributed by atoms with van der Waals surface area (Å²) in [5, 5.41) is 2.23. The highest BCUT2D eigenvalue weighted by Gasteiger charge is 2.33. The van der Waals surface area contributed by atoms with E-state index in [2.05, 4.69) is 5.32 Å². The van der Waals surface area contributed by atoms with Crippen molar-refractivity contribution < 1.29 is 4.79 Å². The molecule has 1 atom stereocenters. The van der Waals surface area contributed by atoms with E-state index in [1.54, 1.807) is 7.05 Å². The molecule has 1 fully saturated rings. The van der Waals surface area contributed by atoms with Gasteiger partial charge in [-0.1, -0.05) is 0 Å². The molecular weight excluding hydrogens is 138 g/mol. The first-order valence-corrected chi connectivity index (χ1v) is 3.55. The van der Waals surface area contributed by atoms with Gasteiger partial charge in [0.15, 0.2) is 0 Å². The number of alkyl halides is 1. The number of carbonyl (C=O) groups excluding carboxylic acids is 1. The van der Waals surface area contributed by atoms with E-state index in [4.69, 9.17) is 11.6 Å². The van der Waals surface area contributed by atoms with Gasteiger partial charge in [-0.3, -0.25) is 4.79 Å². The smallest absolute Gasteiger partial charge is 0.238 e. The normalized spacial score (nSPS) is 21.1. The van der Waals surface area contributed by atoms with E-state index in [9.17, 15) is 4.79 Å². The van der Waals surface area contributed by atoms with Crippen molar-refractivity contribution in [3.05, 3.63) is 0 Å². The van der Waals surface area contributed by atoms with Crippen molar-refractivity contribution in [1.29, 1.82) is 0 Å². The van der Waals surface area contributed by atoms with Crippen molar-refractivity contribution in [3.8, 4) is 0 Å². The SMILES string of the molecule is CNC(=O)C(Cl)C1CC1. The molecule has 1 aliphatic carbocycles. The zero-order valence-electron chi connectivity index (χ0n) is 5.36. The highest BCUT2D eigenvalue weighted by Crippen LogP contribution is 2.35. The van der Waals surface area contributed by atoms with Crippen LogP contribution in [0.3, 0.4) is 0 Å². The monoisotopic (exact) mass is 147 g/mol. The second-order valence-corrected chi connectivity index (χ2v) is 2.82. The third-order valence-electron chi connectivity index (χ3n) is 1.53. The van der Waals surface area contributed by atoms with Crippen LogP contribution in [0.4, 0.5) is 0 Å². The second kappa shape index (κ2) is 2.56. The van der Waals surface area contributed by atoms with Crippen LogP contribution in [0.2, 0.25) is 0 Å². The predicted molar refractivity (Wildman–Crippen MR) is 36.4 cm³/mol. The maximum atomic E-state index is 10.8. The maximum absolute atomic E-state index is 10.8. The lowest BCUT2D eigenvalue weighted by Crippen LogP contribution is -2.29. The molecule has 0 saturated heterocycles. The second-order valence-electron chi connectivity index (χ2n) is 2.35. The average Bonchev–Trinajstić information content (AvgIpc) is 2.66. The number of hydrogen-bond acceptors (Lipinski definition) is 1. The van der Waals surface area contributed by atoms with Gasteiger partial charge >= 0.3 is 0 Å². The van der Waals surface area contributed by atoms with E-state index < -0.39 is 0 Å². The summed E-state index contributed by atoms with van der Waals surface area (Å²) in [6.07, 6.45) is 2.23. The molecule has 0 aromatic heterocycles. The van der Waals surface area contributed by atoms with Crippen LogP contribution in [0, 0.1) is 5.92 Å². The van der Waals surface area contributed by atoms with Crippen LogP contribution in [-0.4, -0.2) is 18.3 Å². The van der Waals surface area contributed by atoms with Gasteiger partial charge in [0, 0.05) is 7.05 Å². The molecule has 0 aromatic rings. The van der Waals surface area contributed by atoms with Crippen LogP contribution in [-0.2, 0) is 4.79 Å². The summed E-state index contributed by atoms with van der Waals surface area (Å²) in [6.45, 7) is 0. The molecular formula is C6H10ClNO. The Morgan fingerprint density at radius 3 is 2.67 bits per heavy atom. The van der Waals surface area contributed by atoms with E-state index >= 15 is 0 Å². The first-order chi connectivity index (χ1) is 4.25. The lowest BCUT2D eigenvalue weighted by molar-refractivity contribution is -0.120. The first-order valence-electron chi connectivity index (χ1n) is 3.11. The van der Waals surface area contributed by atoms with Crippen molar-refractivity contribution >= 4 is 17.5 Å². The molecule has 3 heteroatoms. The molecule has 9 heavy (non-hydrogen) atoms. The minimum atomic E-state index is -0.282. The molecule has 0 aromatic carbocycles. The van der Waals surface area contributed by atoms with Crippen LogP contribution >= 0.6 is 11.6 Å². The Hall–Kier alpha value is -0.240. The van der Waals surface area contributed by atoms with Gasteiger partial charge in [-0.2, -0.15) is 0 Å². The van der Waals surface area contributed by atoms with Crippen molar-refractivity contribution in [2.45, 2.75) is 18.2 Å².